The third-order valence-electron chi connectivity index (χ3n) is 3.64. The molecule has 0 spiro atoms. The van der Waals surface area contributed by atoms with Crippen LogP contribution in [0, 0.1) is 0 Å². The zero-order chi connectivity index (χ0) is 17.0. The third-order valence-corrected chi connectivity index (χ3v) is 4.33. The average molecular weight is 391 g/mol. The maximum atomic E-state index is 13.1. The lowest BCUT2D eigenvalue weighted by molar-refractivity contribution is -0.138. The molecule has 1 fully saturated rings. The van der Waals surface area contributed by atoms with Crippen molar-refractivity contribution in [3.8, 4) is 0 Å². The molecule has 1 aliphatic rings. The van der Waals surface area contributed by atoms with E-state index in [1.807, 2.05) is 0 Å². The number of halogens is 4. The number of rotatable bonds is 3. The van der Waals surface area contributed by atoms with E-state index in [0.717, 1.165) is 25.5 Å². The van der Waals surface area contributed by atoms with Crippen molar-refractivity contribution in [1.82, 2.24) is 5.32 Å². The number of nitrogens with zero attached hydrogens (tertiary/aromatic N) is 1. The van der Waals surface area contributed by atoms with Gasteiger partial charge in [0.1, 0.15) is 0 Å². The molecule has 0 saturated carbocycles. The van der Waals surface area contributed by atoms with Crippen LogP contribution in [0.25, 0.3) is 5.70 Å². The van der Waals surface area contributed by atoms with Crippen LogP contribution in [0.5, 0.6) is 0 Å². The summed E-state index contributed by atoms with van der Waals surface area (Å²) in [6.07, 6.45) is -0.821. The van der Waals surface area contributed by atoms with E-state index in [1.54, 1.807) is 19.1 Å². The van der Waals surface area contributed by atoms with Crippen molar-refractivity contribution < 1.29 is 17.9 Å². The topological polar surface area (TPSA) is 33.6 Å². The Morgan fingerprint density at radius 3 is 2.70 bits per heavy atom. The number of benzene rings is 1. The fourth-order valence-corrected chi connectivity index (χ4v) is 2.95. The van der Waals surface area contributed by atoms with Crippen molar-refractivity contribution in [1.29, 1.82) is 0 Å². The molecule has 23 heavy (non-hydrogen) atoms. The largest absolute Gasteiger partial charge is 0.483 e. The summed E-state index contributed by atoms with van der Waals surface area (Å²) < 4.78 is 44.5. The number of aliphatic imine (C=N–C) groups is 1. The molecule has 1 unspecified atom stereocenters. The second-order valence-electron chi connectivity index (χ2n) is 5.17. The summed E-state index contributed by atoms with van der Waals surface area (Å²) in [7, 11) is 1.52. The van der Waals surface area contributed by atoms with E-state index in [0.29, 0.717) is 17.2 Å². The molecule has 1 atom stereocenters. The number of ether oxygens (including phenoxy) is 1. The number of methoxy groups -OCH3 is 1. The number of alkyl halides is 3. The molecule has 0 aromatic heterocycles. The predicted molar refractivity (Wildman–Crippen MR) is 88.3 cm³/mol. The Hall–Kier alpha value is -1.34. The van der Waals surface area contributed by atoms with Crippen molar-refractivity contribution >= 4 is 27.5 Å². The summed E-state index contributed by atoms with van der Waals surface area (Å²) in [6.45, 7) is 2.62. The summed E-state index contributed by atoms with van der Waals surface area (Å²) >= 11 is 2.95. The number of nitrogens with one attached hydrogen (secondary N) is 1. The van der Waals surface area contributed by atoms with Gasteiger partial charge in [-0.25, -0.2) is 4.99 Å². The van der Waals surface area contributed by atoms with E-state index < -0.39 is 11.7 Å². The standard InChI is InChI=1S/C16H18BrF3N2O/c1-3-13(22-15(23-2)14-5-4-8-21-14)10-6-7-12(17)11(9-10)16(18,19)20/h3,6-7,9,14,21H,4-5,8H2,1-2H3/b13-3-,22-15-. The first-order valence-corrected chi connectivity index (χ1v) is 8.05. The summed E-state index contributed by atoms with van der Waals surface area (Å²) in [5, 5.41) is 3.26. The molecule has 1 aliphatic heterocycles. The maximum Gasteiger partial charge on any atom is 0.417 e. The van der Waals surface area contributed by atoms with Gasteiger partial charge in [-0.05, 0) is 38.4 Å². The first kappa shape index (κ1) is 18.0. The van der Waals surface area contributed by atoms with Crippen LogP contribution in [0.1, 0.15) is 30.9 Å². The fraction of sp³-hybridized carbons (Fsp3) is 0.438. The fourth-order valence-electron chi connectivity index (χ4n) is 2.48. The Morgan fingerprint density at radius 1 is 1.43 bits per heavy atom. The van der Waals surface area contributed by atoms with Crippen LogP contribution in [-0.4, -0.2) is 25.6 Å². The van der Waals surface area contributed by atoms with E-state index in [4.69, 9.17) is 4.74 Å². The van der Waals surface area contributed by atoms with Gasteiger partial charge in [0.25, 0.3) is 0 Å². The van der Waals surface area contributed by atoms with Crippen molar-refractivity contribution in [3.05, 3.63) is 39.9 Å². The molecule has 0 radical (unpaired) electrons. The second-order valence-corrected chi connectivity index (χ2v) is 6.02. The number of hydrogen-bond donors (Lipinski definition) is 1. The molecule has 1 aromatic carbocycles. The van der Waals surface area contributed by atoms with Gasteiger partial charge in [0.2, 0.25) is 5.90 Å². The Labute approximate surface area is 141 Å². The molecule has 0 bridgehead atoms. The summed E-state index contributed by atoms with van der Waals surface area (Å²) in [6, 6.07) is 4.09. The van der Waals surface area contributed by atoms with Crippen LogP contribution < -0.4 is 5.32 Å². The van der Waals surface area contributed by atoms with Gasteiger partial charge in [0.15, 0.2) is 0 Å². The molecule has 1 heterocycles. The molecule has 7 heteroatoms. The Bertz CT molecular complexity index is 620. The van der Waals surface area contributed by atoms with Crippen LogP contribution in [0.4, 0.5) is 13.2 Å². The molecule has 3 nitrogen and oxygen atoms in total. The highest BCUT2D eigenvalue weighted by atomic mass is 79.9. The van der Waals surface area contributed by atoms with Gasteiger partial charge in [-0.3, -0.25) is 0 Å². The molecule has 1 saturated heterocycles. The summed E-state index contributed by atoms with van der Waals surface area (Å²) in [5.41, 5.74) is 0.131. The number of allylic oxidation sites excluding steroid dienone is 1. The van der Waals surface area contributed by atoms with E-state index in [-0.39, 0.29) is 10.5 Å². The van der Waals surface area contributed by atoms with Gasteiger partial charge < -0.3 is 10.1 Å². The predicted octanol–water partition coefficient (Wildman–Crippen LogP) is 4.63. The van der Waals surface area contributed by atoms with Crippen molar-refractivity contribution in [2.24, 2.45) is 4.99 Å². The molecule has 0 aliphatic carbocycles. The lowest BCUT2D eigenvalue weighted by Gasteiger charge is -2.15. The van der Waals surface area contributed by atoms with Gasteiger partial charge >= 0.3 is 6.18 Å². The minimum absolute atomic E-state index is 0.00693. The van der Waals surface area contributed by atoms with Gasteiger partial charge in [0.05, 0.1) is 24.4 Å². The Morgan fingerprint density at radius 2 is 2.17 bits per heavy atom. The highest BCUT2D eigenvalue weighted by molar-refractivity contribution is 9.10. The quantitative estimate of drug-likeness (QED) is 0.603. The van der Waals surface area contributed by atoms with E-state index in [2.05, 4.69) is 26.2 Å². The SMILES string of the molecule is C/C=C(\N=C(/OC)C1CCCN1)c1ccc(Br)c(C(F)(F)F)c1. The first-order chi connectivity index (χ1) is 10.9. The lowest BCUT2D eigenvalue weighted by atomic mass is 10.1. The Kier molecular flexibility index (Phi) is 5.86. The molecule has 0 amide bonds. The van der Waals surface area contributed by atoms with Gasteiger partial charge in [-0.1, -0.05) is 28.1 Å². The van der Waals surface area contributed by atoms with Crippen LogP contribution in [0.3, 0.4) is 0 Å². The lowest BCUT2D eigenvalue weighted by Crippen LogP contribution is -2.32. The molecule has 1 aromatic rings. The summed E-state index contributed by atoms with van der Waals surface area (Å²) in [5.74, 6) is 0.493. The molecular formula is C16H18BrF3N2O. The minimum Gasteiger partial charge on any atom is -0.483 e. The zero-order valence-electron chi connectivity index (χ0n) is 12.9. The molecule has 1 N–H and O–H groups in total. The summed E-state index contributed by atoms with van der Waals surface area (Å²) in [4.78, 5) is 4.43. The highest BCUT2D eigenvalue weighted by Gasteiger charge is 2.33. The van der Waals surface area contributed by atoms with Crippen molar-refractivity contribution in [3.63, 3.8) is 0 Å². The molecule has 126 valence electrons. The molecular weight excluding hydrogens is 373 g/mol. The maximum absolute atomic E-state index is 13.1. The number of hydrogen-bond acceptors (Lipinski definition) is 3. The zero-order valence-corrected chi connectivity index (χ0v) is 14.5. The van der Waals surface area contributed by atoms with E-state index >= 15 is 0 Å². The first-order valence-electron chi connectivity index (χ1n) is 7.26. The van der Waals surface area contributed by atoms with Crippen LogP contribution in [0.15, 0.2) is 33.7 Å². The Balaban J connectivity index is 2.38. The van der Waals surface area contributed by atoms with Gasteiger partial charge in [-0.15, -0.1) is 0 Å². The van der Waals surface area contributed by atoms with Crippen molar-refractivity contribution in [2.45, 2.75) is 32.0 Å². The van der Waals surface area contributed by atoms with Crippen LogP contribution >= 0.6 is 15.9 Å². The third kappa shape index (κ3) is 4.35. The normalized spacial score (nSPS) is 20.0. The minimum atomic E-state index is -4.42. The smallest absolute Gasteiger partial charge is 0.417 e. The average Bonchev–Trinajstić information content (AvgIpc) is 3.02. The van der Waals surface area contributed by atoms with Crippen molar-refractivity contribution in [2.75, 3.05) is 13.7 Å². The monoisotopic (exact) mass is 390 g/mol. The molecule has 2 rings (SSSR count). The van der Waals surface area contributed by atoms with E-state index in [9.17, 15) is 13.2 Å². The van der Waals surface area contributed by atoms with E-state index in [1.165, 1.54) is 13.2 Å². The highest BCUT2D eigenvalue weighted by Crippen LogP contribution is 2.36. The van der Waals surface area contributed by atoms with Gasteiger partial charge in [0, 0.05) is 10.0 Å². The van der Waals surface area contributed by atoms with Crippen LogP contribution in [-0.2, 0) is 10.9 Å². The second kappa shape index (κ2) is 7.49. The van der Waals surface area contributed by atoms with Gasteiger partial charge in [-0.2, -0.15) is 13.2 Å². The van der Waals surface area contributed by atoms with Crippen LogP contribution in [0.2, 0.25) is 0 Å².